The molecule has 3 aromatic rings. The number of fused-ring (bicyclic) bond motifs is 1. The van der Waals surface area contributed by atoms with Crippen LogP contribution in [0.1, 0.15) is 30.4 Å². The lowest BCUT2D eigenvalue weighted by Crippen LogP contribution is -2.04. The van der Waals surface area contributed by atoms with Gasteiger partial charge in [-0.25, -0.2) is 0 Å². The zero-order chi connectivity index (χ0) is 19.7. The lowest BCUT2D eigenvalue weighted by molar-refractivity contribution is 0.324. The standard InChI is InChI=1S/C23H24O5/c1-24-16-8-9-17-18(13-28-19(17)12-16)22(14-6-5-7-14)15-10-20(25-2)23(27-4)21(11-15)26-3/h8-13H,5-7H2,1-4H3. The van der Waals surface area contributed by atoms with E-state index < -0.39 is 0 Å². The van der Waals surface area contributed by atoms with Crippen molar-refractivity contribution in [1.29, 1.82) is 0 Å². The minimum Gasteiger partial charge on any atom is -0.497 e. The Morgan fingerprint density at radius 1 is 0.857 bits per heavy atom. The Morgan fingerprint density at radius 2 is 1.57 bits per heavy atom. The second-order valence-corrected chi connectivity index (χ2v) is 6.76. The quantitative estimate of drug-likeness (QED) is 0.569. The minimum atomic E-state index is 0.591. The maximum atomic E-state index is 5.87. The molecular formula is C23H24O5. The molecule has 0 amide bonds. The number of hydrogen-bond acceptors (Lipinski definition) is 5. The summed E-state index contributed by atoms with van der Waals surface area (Å²) in [5.41, 5.74) is 5.49. The van der Waals surface area contributed by atoms with E-state index in [-0.39, 0.29) is 0 Å². The van der Waals surface area contributed by atoms with Gasteiger partial charge in [-0.05, 0) is 54.7 Å². The Morgan fingerprint density at radius 3 is 2.11 bits per heavy atom. The molecule has 1 saturated carbocycles. The fourth-order valence-electron chi connectivity index (χ4n) is 3.71. The normalized spacial score (nSPS) is 13.2. The first kappa shape index (κ1) is 18.3. The summed E-state index contributed by atoms with van der Waals surface area (Å²) < 4.78 is 27.8. The van der Waals surface area contributed by atoms with E-state index >= 15 is 0 Å². The third-order valence-corrected chi connectivity index (χ3v) is 5.32. The molecule has 28 heavy (non-hydrogen) atoms. The Kier molecular flexibility index (Phi) is 4.90. The zero-order valence-corrected chi connectivity index (χ0v) is 16.6. The topological polar surface area (TPSA) is 50.1 Å². The van der Waals surface area contributed by atoms with Crippen LogP contribution >= 0.6 is 0 Å². The number of ether oxygens (including phenoxy) is 4. The molecule has 5 heteroatoms. The summed E-state index contributed by atoms with van der Waals surface area (Å²) in [5, 5.41) is 1.06. The molecule has 0 atom stereocenters. The van der Waals surface area contributed by atoms with Crippen LogP contribution in [0.3, 0.4) is 0 Å². The number of benzene rings is 2. The van der Waals surface area contributed by atoms with E-state index in [2.05, 4.69) is 0 Å². The molecule has 0 unspecified atom stereocenters. The van der Waals surface area contributed by atoms with Crippen molar-refractivity contribution in [3.05, 3.63) is 53.3 Å². The van der Waals surface area contributed by atoms with Gasteiger partial charge in [0.1, 0.15) is 11.3 Å². The highest BCUT2D eigenvalue weighted by molar-refractivity contribution is 5.98. The van der Waals surface area contributed by atoms with Crippen LogP contribution in [-0.2, 0) is 0 Å². The van der Waals surface area contributed by atoms with Crippen LogP contribution in [0.25, 0.3) is 16.5 Å². The third kappa shape index (κ3) is 2.97. The van der Waals surface area contributed by atoms with Crippen LogP contribution in [-0.4, -0.2) is 28.4 Å². The first-order chi connectivity index (χ1) is 13.7. The summed E-state index contributed by atoms with van der Waals surface area (Å²) in [5.74, 6) is 2.65. The number of allylic oxidation sites excluding steroid dienone is 1. The smallest absolute Gasteiger partial charge is 0.203 e. The Balaban J connectivity index is 1.92. The maximum Gasteiger partial charge on any atom is 0.203 e. The van der Waals surface area contributed by atoms with Crippen LogP contribution in [0, 0.1) is 0 Å². The van der Waals surface area contributed by atoms with Gasteiger partial charge in [0.15, 0.2) is 11.5 Å². The Bertz CT molecular complexity index is 1010. The molecule has 1 fully saturated rings. The molecule has 0 N–H and O–H groups in total. The van der Waals surface area contributed by atoms with Crippen LogP contribution in [0.4, 0.5) is 0 Å². The second kappa shape index (κ2) is 7.50. The summed E-state index contributed by atoms with van der Waals surface area (Å²) in [4.78, 5) is 0. The van der Waals surface area contributed by atoms with E-state index in [1.165, 1.54) is 17.6 Å². The molecule has 146 valence electrons. The maximum absolute atomic E-state index is 5.87. The van der Waals surface area contributed by atoms with Crippen LogP contribution in [0.2, 0.25) is 0 Å². The lowest BCUT2D eigenvalue weighted by Gasteiger charge is -2.23. The highest BCUT2D eigenvalue weighted by Gasteiger charge is 2.24. The average Bonchev–Trinajstić information content (AvgIpc) is 3.11. The highest BCUT2D eigenvalue weighted by Crippen LogP contribution is 2.46. The van der Waals surface area contributed by atoms with Gasteiger partial charge in [-0.2, -0.15) is 0 Å². The SMILES string of the molecule is COc1ccc2c(C(=C3CCC3)c3cc(OC)c(OC)c(OC)c3)coc2c1. The van der Waals surface area contributed by atoms with Crippen LogP contribution < -0.4 is 18.9 Å². The number of furan rings is 1. The molecule has 0 bridgehead atoms. The van der Waals surface area contributed by atoms with E-state index in [9.17, 15) is 0 Å². The highest BCUT2D eigenvalue weighted by atomic mass is 16.5. The third-order valence-electron chi connectivity index (χ3n) is 5.32. The fourth-order valence-corrected chi connectivity index (χ4v) is 3.71. The van der Waals surface area contributed by atoms with E-state index in [1.54, 1.807) is 28.4 Å². The fraction of sp³-hybridized carbons (Fsp3) is 0.304. The summed E-state index contributed by atoms with van der Waals surface area (Å²) >= 11 is 0. The van der Waals surface area contributed by atoms with Crippen molar-refractivity contribution in [2.45, 2.75) is 19.3 Å². The molecule has 1 aliphatic rings. The van der Waals surface area contributed by atoms with Crippen molar-refractivity contribution in [1.82, 2.24) is 0 Å². The summed E-state index contributed by atoms with van der Waals surface area (Å²) in [6.45, 7) is 0. The van der Waals surface area contributed by atoms with Crippen molar-refractivity contribution >= 4 is 16.5 Å². The molecule has 0 radical (unpaired) electrons. The Hall–Kier alpha value is -3.08. The molecular weight excluding hydrogens is 356 g/mol. The predicted molar refractivity (Wildman–Crippen MR) is 109 cm³/mol. The van der Waals surface area contributed by atoms with Gasteiger partial charge in [0.2, 0.25) is 5.75 Å². The molecule has 1 aromatic heterocycles. The van der Waals surface area contributed by atoms with Crippen LogP contribution in [0.5, 0.6) is 23.0 Å². The predicted octanol–water partition coefficient (Wildman–Crippen LogP) is 5.45. The van der Waals surface area contributed by atoms with Gasteiger partial charge in [-0.3, -0.25) is 0 Å². The molecule has 0 aliphatic heterocycles. The van der Waals surface area contributed by atoms with Crippen molar-refractivity contribution in [3.8, 4) is 23.0 Å². The van der Waals surface area contributed by atoms with Crippen molar-refractivity contribution in [2.75, 3.05) is 28.4 Å². The largest absolute Gasteiger partial charge is 0.497 e. The molecule has 0 saturated heterocycles. The first-order valence-electron chi connectivity index (χ1n) is 9.28. The van der Waals surface area contributed by atoms with E-state index in [4.69, 9.17) is 23.4 Å². The molecule has 1 heterocycles. The van der Waals surface area contributed by atoms with Gasteiger partial charge in [0, 0.05) is 17.0 Å². The van der Waals surface area contributed by atoms with Gasteiger partial charge < -0.3 is 23.4 Å². The lowest BCUT2D eigenvalue weighted by atomic mass is 9.82. The molecule has 0 spiro atoms. The summed E-state index contributed by atoms with van der Waals surface area (Å²) in [6.07, 6.45) is 5.18. The van der Waals surface area contributed by atoms with Gasteiger partial charge in [0.25, 0.3) is 0 Å². The van der Waals surface area contributed by atoms with Gasteiger partial charge >= 0.3 is 0 Å². The molecule has 5 nitrogen and oxygen atoms in total. The van der Waals surface area contributed by atoms with Crippen LogP contribution in [0.15, 0.2) is 46.6 Å². The van der Waals surface area contributed by atoms with Crippen molar-refractivity contribution in [2.24, 2.45) is 0 Å². The van der Waals surface area contributed by atoms with E-state index in [0.717, 1.165) is 40.7 Å². The zero-order valence-electron chi connectivity index (χ0n) is 16.6. The molecule has 4 rings (SSSR count). The van der Waals surface area contributed by atoms with Gasteiger partial charge in [-0.1, -0.05) is 5.57 Å². The number of rotatable bonds is 6. The van der Waals surface area contributed by atoms with E-state index in [1.807, 2.05) is 36.6 Å². The number of hydrogen-bond donors (Lipinski definition) is 0. The van der Waals surface area contributed by atoms with Gasteiger partial charge in [0.05, 0.1) is 34.7 Å². The van der Waals surface area contributed by atoms with Crippen molar-refractivity contribution in [3.63, 3.8) is 0 Å². The number of methoxy groups -OCH3 is 4. The monoisotopic (exact) mass is 380 g/mol. The summed E-state index contributed by atoms with van der Waals surface area (Å²) in [6, 6.07) is 9.93. The molecule has 2 aromatic carbocycles. The van der Waals surface area contributed by atoms with Gasteiger partial charge in [-0.15, -0.1) is 0 Å². The minimum absolute atomic E-state index is 0.591. The molecule has 1 aliphatic carbocycles. The first-order valence-corrected chi connectivity index (χ1v) is 9.28. The van der Waals surface area contributed by atoms with E-state index in [0.29, 0.717) is 17.2 Å². The summed E-state index contributed by atoms with van der Waals surface area (Å²) in [7, 11) is 6.54. The average molecular weight is 380 g/mol. The second-order valence-electron chi connectivity index (χ2n) is 6.76. The van der Waals surface area contributed by atoms with Crippen molar-refractivity contribution < 1.29 is 23.4 Å². The Labute approximate surface area is 164 Å².